The Labute approximate surface area is 201 Å². The predicted molar refractivity (Wildman–Crippen MR) is 149 cm³/mol. The number of hydrogen-bond donors (Lipinski definition) is 0. The largest absolute Gasteiger partial charge is 0.0776 e. The van der Waals surface area contributed by atoms with Crippen LogP contribution in [0.2, 0.25) is 0 Å². The summed E-state index contributed by atoms with van der Waals surface area (Å²) in [5, 5.41) is 0. The van der Waals surface area contributed by atoms with Crippen molar-refractivity contribution in [3.8, 4) is 0 Å². The van der Waals surface area contributed by atoms with Crippen molar-refractivity contribution < 1.29 is 0 Å². The van der Waals surface area contributed by atoms with Crippen LogP contribution in [0.4, 0.5) is 0 Å². The zero-order valence-corrected chi connectivity index (χ0v) is 21.7. The number of hydrogen-bond acceptors (Lipinski definition) is 0. The van der Waals surface area contributed by atoms with E-state index >= 15 is 0 Å². The molecule has 0 aliphatic rings. The standard InChI is InChI=1S/2C10H14.C6H6.C5H12.CH4/c2*1-10(2,3)9-7-5-4-6-8-9;1-2-4-6-5-3-1;1-5(2,3)4;/h2*4-8H,1-3H3;1-6H;1-4H3;1H4. The van der Waals surface area contributed by atoms with Crippen LogP contribution in [-0.2, 0) is 10.8 Å². The second-order valence-corrected chi connectivity index (χ2v) is 11.4. The van der Waals surface area contributed by atoms with E-state index in [-0.39, 0.29) is 7.43 Å². The summed E-state index contributed by atoms with van der Waals surface area (Å²) in [5.74, 6) is 0. The molecule has 0 saturated heterocycles. The summed E-state index contributed by atoms with van der Waals surface area (Å²) in [6, 6.07) is 33.1. The molecule has 0 N–H and O–H groups in total. The molecule has 0 aromatic heterocycles. The summed E-state index contributed by atoms with van der Waals surface area (Å²) in [7, 11) is 0. The Hall–Kier alpha value is -2.34. The van der Waals surface area contributed by atoms with Crippen molar-refractivity contribution in [2.24, 2.45) is 5.41 Å². The molecule has 32 heavy (non-hydrogen) atoms. The van der Waals surface area contributed by atoms with Crippen LogP contribution >= 0.6 is 0 Å². The Bertz CT molecular complexity index is 682. The lowest BCUT2D eigenvalue weighted by atomic mass is 9.87. The van der Waals surface area contributed by atoms with E-state index in [1.807, 2.05) is 36.4 Å². The predicted octanol–water partition coefficient (Wildman–Crippen LogP) is 10.3. The molecule has 0 fully saturated rings. The summed E-state index contributed by atoms with van der Waals surface area (Å²) in [5.41, 5.74) is 3.88. The van der Waals surface area contributed by atoms with Crippen molar-refractivity contribution in [2.75, 3.05) is 0 Å². The second kappa shape index (κ2) is 15.5. The van der Waals surface area contributed by atoms with Crippen molar-refractivity contribution in [3.05, 3.63) is 108 Å². The van der Waals surface area contributed by atoms with E-state index in [0.717, 1.165) is 0 Å². The number of rotatable bonds is 0. The van der Waals surface area contributed by atoms with Gasteiger partial charge in [-0.2, -0.15) is 0 Å². The third-order valence-electron chi connectivity index (χ3n) is 3.95. The number of benzene rings is 3. The Morgan fingerprint density at radius 3 is 0.625 bits per heavy atom. The van der Waals surface area contributed by atoms with Gasteiger partial charge in [0, 0.05) is 0 Å². The molecule has 0 amide bonds. The van der Waals surface area contributed by atoms with E-state index in [1.165, 1.54) is 11.1 Å². The van der Waals surface area contributed by atoms with Crippen molar-refractivity contribution in [1.29, 1.82) is 0 Å². The van der Waals surface area contributed by atoms with Crippen LogP contribution in [0.15, 0.2) is 97.1 Å². The van der Waals surface area contributed by atoms with Gasteiger partial charge in [-0.25, -0.2) is 0 Å². The van der Waals surface area contributed by atoms with Crippen molar-refractivity contribution in [1.82, 2.24) is 0 Å². The SMILES string of the molecule is C.CC(C)(C)C.CC(C)(C)c1ccccc1.CC(C)(C)c1ccccc1.c1ccccc1. The maximum atomic E-state index is 2.22. The van der Waals surface area contributed by atoms with Crippen molar-refractivity contribution in [3.63, 3.8) is 0 Å². The first-order valence-corrected chi connectivity index (χ1v) is 11.3. The van der Waals surface area contributed by atoms with Gasteiger partial charge in [0.1, 0.15) is 0 Å². The lowest BCUT2D eigenvalue weighted by Crippen LogP contribution is -2.10. The molecule has 0 aliphatic heterocycles. The first-order chi connectivity index (χ1) is 14.2. The fourth-order valence-electron chi connectivity index (χ4n) is 2.26. The molecule has 3 rings (SSSR count). The fourth-order valence-corrected chi connectivity index (χ4v) is 2.26. The molecule has 0 spiro atoms. The molecule has 0 nitrogen and oxygen atoms in total. The topological polar surface area (TPSA) is 0 Å². The third kappa shape index (κ3) is 19.6. The summed E-state index contributed by atoms with van der Waals surface area (Å²) >= 11 is 0. The van der Waals surface area contributed by atoms with E-state index in [4.69, 9.17) is 0 Å². The highest BCUT2D eigenvalue weighted by molar-refractivity contribution is 5.22. The van der Waals surface area contributed by atoms with Crippen molar-refractivity contribution >= 4 is 0 Å². The normalized spacial score (nSPS) is 10.6. The molecule has 0 unspecified atom stereocenters. The molecule has 0 bridgehead atoms. The molecular weight excluding hydrogens is 384 g/mol. The molecule has 0 atom stereocenters. The van der Waals surface area contributed by atoms with Gasteiger partial charge in [0.15, 0.2) is 0 Å². The molecule has 0 radical (unpaired) electrons. The highest BCUT2D eigenvalue weighted by Crippen LogP contribution is 2.21. The van der Waals surface area contributed by atoms with Crippen LogP contribution in [-0.4, -0.2) is 0 Å². The highest BCUT2D eigenvalue weighted by atomic mass is 14.2. The quantitative estimate of drug-likeness (QED) is 0.330. The Morgan fingerprint density at radius 2 is 0.500 bits per heavy atom. The molecule has 0 aliphatic carbocycles. The van der Waals surface area contributed by atoms with Gasteiger partial charge >= 0.3 is 0 Å². The first kappa shape index (κ1) is 31.8. The molecule has 0 heteroatoms. The molecule has 0 heterocycles. The minimum absolute atomic E-state index is 0. The maximum absolute atomic E-state index is 2.22. The Kier molecular flexibility index (Phi) is 15.4. The van der Waals surface area contributed by atoms with Crippen molar-refractivity contribution in [2.45, 2.75) is 87.5 Å². The van der Waals surface area contributed by atoms with Crippen LogP contribution in [0.5, 0.6) is 0 Å². The van der Waals surface area contributed by atoms with Gasteiger partial charge in [0.05, 0.1) is 0 Å². The van der Waals surface area contributed by atoms with Gasteiger partial charge in [0.25, 0.3) is 0 Å². The Balaban J connectivity index is 0. The van der Waals surface area contributed by atoms with Gasteiger partial charge in [-0.3, -0.25) is 0 Å². The average Bonchev–Trinajstić information content (AvgIpc) is 2.69. The van der Waals surface area contributed by atoms with E-state index in [9.17, 15) is 0 Å². The minimum Gasteiger partial charge on any atom is -0.0776 e. The first-order valence-electron chi connectivity index (χ1n) is 11.3. The van der Waals surface area contributed by atoms with E-state index < -0.39 is 0 Å². The molecule has 178 valence electrons. The smallest absolute Gasteiger partial charge is 0.0132 e. The fraction of sp³-hybridized carbons (Fsp3) is 0.438. The van der Waals surface area contributed by atoms with E-state index in [1.54, 1.807) is 0 Å². The van der Waals surface area contributed by atoms with Crippen LogP contribution in [0, 0.1) is 5.41 Å². The van der Waals surface area contributed by atoms with Gasteiger partial charge in [0.2, 0.25) is 0 Å². The molecule has 3 aromatic carbocycles. The zero-order chi connectivity index (χ0) is 24.0. The van der Waals surface area contributed by atoms with Gasteiger partial charge in [-0.15, -0.1) is 0 Å². The van der Waals surface area contributed by atoms with E-state index in [0.29, 0.717) is 16.2 Å². The third-order valence-corrected chi connectivity index (χ3v) is 3.95. The van der Waals surface area contributed by atoms with Gasteiger partial charge < -0.3 is 0 Å². The average molecular weight is 435 g/mol. The van der Waals surface area contributed by atoms with Crippen LogP contribution in [0.1, 0.15) is 87.8 Å². The van der Waals surface area contributed by atoms with Crippen LogP contribution in [0.25, 0.3) is 0 Å². The van der Waals surface area contributed by atoms with E-state index in [2.05, 4.69) is 130 Å². The summed E-state index contributed by atoms with van der Waals surface area (Å²) in [6.07, 6.45) is 0. The van der Waals surface area contributed by atoms with Gasteiger partial charge in [-0.05, 0) is 27.4 Å². The minimum atomic E-state index is 0. The molecular formula is C32H50. The molecule has 3 aromatic rings. The highest BCUT2D eigenvalue weighted by Gasteiger charge is 2.12. The summed E-state index contributed by atoms with van der Waals surface area (Å²) in [6.45, 7) is 22.1. The van der Waals surface area contributed by atoms with Gasteiger partial charge in [-0.1, -0.05) is 174 Å². The summed E-state index contributed by atoms with van der Waals surface area (Å²) < 4.78 is 0. The van der Waals surface area contributed by atoms with Crippen LogP contribution < -0.4 is 0 Å². The monoisotopic (exact) mass is 434 g/mol. The zero-order valence-electron chi connectivity index (χ0n) is 21.7. The lowest BCUT2D eigenvalue weighted by molar-refractivity contribution is 0.469. The van der Waals surface area contributed by atoms with Crippen LogP contribution in [0.3, 0.4) is 0 Å². The Morgan fingerprint density at radius 1 is 0.344 bits per heavy atom. The summed E-state index contributed by atoms with van der Waals surface area (Å²) in [4.78, 5) is 0. The molecule has 0 saturated carbocycles. The lowest BCUT2D eigenvalue weighted by Gasteiger charge is -2.18. The second-order valence-electron chi connectivity index (χ2n) is 11.4. The maximum Gasteiger partial charge on any atom is -0.0132 e.